The highest BCUT2D eigenvalue weighted by Gasteiger charge is 2.20. The Hall–Kier alpha value is -3.34. The Balaban J connectivity index is 2.02. The molecule has 25 heavy (non-hydrogen) atoms. The van der Waals surface area contributed by atoms with Gasteiger partial charge in [-0.05, 0) is 22.8 Å². The minimum atomic E-state index is -0.395. The van der Waals surface area contributed by atoms with Gasteiger partial charge in [0.15, 0.2) is 11.4 Å². The molecule has 0 fully saturated rings. The maximum absolute atomic E-state index is 11.5. The summed E-state index contributed by atoms with van der Waals surface area (Å²) in [5, 5.41) is 14.4. The lowest BCUT2D eigenvalue weighted by atomic mass is 10.0. The highest BCUT2D eigenvalue weighted by molar-refractivity contribution is 5.79. The van der Waals surface area contributed by atoms with Gasteiger partial charge in [-0.2, -0.15) is 0 Å². The molecule has 0 aromatic heterocycles. The molecule has 0 radical (unpaired) electrons. The minimum Gasteiger partial charge on any atom is -0.486 e. The van der Waals surface area contributed by atoms with Gasteiger partial charge < -0.3 is 10.1 Å². The van der Waals surface area contributed by atoms with Gasteiger partial charge in [-0.15, -0.1) is 0 Å². The van der Waals surface area contributed by atoms with Crippen LogP contribution in [0.5, 0.6) is 5.75 Å². The average molecular weight is 334 g/mol. The number of hydrogen-bond acceptors (Lipinski definition) is 4. The number of benzene rings is 3. The first-order valence-electron chi connectivity index (χ1n) is 7.91. The van der Waals surface area contributed by atoms with E-state index in [2.05, 4.69) is 5.32 Å². The van der Waals surface area contributed by atoms with Crippen LogP contribution in [0.3, 0.4) is 0 Å². The van der Waals surface area contributed by atoms with Crippen LogP contribution >= 0.6 is 0 Å². The van der Waals surface area contributed by atoms with E-state index in [1.807, 2.05) is 66.7 Å². The number of ether oxygens (including phenoxy) is 1. The lowest BCUT2D eigenvalue weighted by Crippen LogP contribution is -2.03. The first kappa shape index (κ1) is 16.5. The van der Waals surface area contributed by atoms with E-state index in [1.54, 1.807) is 13.1 Å². The van der Waals surface area contributed by atoms with Crippen molar-refractivity contribution in [2.24, 2.45) is 0 Å². The first-order valence-corrected chi connectivity index (χ1v) is 7.91. The Bertz CT molecular complexity index is 865. The molecule has 0 unspecified atom stereocenters. The third kappa shape index (κ3) is 3.77. The normalized spacial score (nSPS) is 10.3. The summed E-state index contributed by atoms with van der Waals surface area (Å²) in [6.07, 6.45) is 0. The maximum atomic E-state index is 11.5. The molecule has 0 bridgehead atoms. The lowest BCUT2D eigenvalue weighted by molar-refractivity contribution is -0.383. The van der Waals surface area contributed by atoms with E-state index in [-0.39, 0.29) is 5.69 Å². The Morgan fingerprint density at radius 3 is 2.20 bits per heavy atom. The standard InChI is InChI=1S/C20H18N2O3/c1-21-20-18(22(23)24)12-17(16-10-6-3-7-11-16)13-19(20)25-14-15-8-4-2-5-9-15/h2-13,21H,14H2,1H3. The van der Waals surface area contributed by atoms with Crippen molar-refractivity contribution in [2.75, 3.05) is 12.4 Å². The van der Waals surface area contributed by atoms with Crippen molar-refractivity contribution in [1.29, 1.82) is 0 Å². The molecule has 0 amide bonds. The van der Waals surface area contributed by atoms with Gasteiger partial charge in [0.25, 0.3) is 5.69 Å². The smallest absolute Gasteiger partial charge is 0.296 e. The fraction of sp³-hybridized carbons (Fsp3) is 0.100. The van der Waals surface area contributed by atoms with Crippen molar-refractivity contribution in [2.45, 2.75) is 6.61 Å². The SMILES string of the molecule is CNc1c(OCc2ccccc2)cc(-c2ccccc2)cc1[N+](=O)[O-]. The fourth-order valence-electron chi connectivity index (χ4n) is 2.64. The molecule has 0 spiro atoms. The van der Waals surface area contributed by atoms with E-state index in [0.29, 0.717) is 18.0 Å². The molecule has 3 rings (SSSR count). The van der Waals surface area contributed by atoms with Crippen LogP contribution < -0.4 is 10.1 Å². The molecule has 0 aliphatic carbocycles. The largest absolute Gasteiger partial charge is 0.486 e. The molecule has 0 atom stereocenters. The number of nitro benzene ring substituents is 1. The average Bonchev–Trinajstić information content (AvgIpc) is 2.67. The molecule has 3 aromatic rings. The Labute approximate surface area is 146 Å². The molecule has 0 aliphatic rings. The van der Waals surface area contributed by atoms with Crippen molar-refractivity contribution in [3.63, 3.8) is 0 Å². The first-order chi connectivity index (χ1) is 12.2. The molecule has 0 aliphatic heterocycles. The third-order valence-corrected chi connectivity index (χ3v) is 3.87. The second-order valence-electron chi connectivity index (χ2n) is 5.52. The highest BCUT2D eigenvalue weighted by atomic mass is 16.6. The third-order valence-electron chi connectivity index (χ3n) is 3.87. The Morgan fingerprint density at radius 1 is 0.960 bits per heavy atom. The second kappa shape index (κ2) is 7.49. The summed E-state index contributed by atoms with van der Waals surface area (Å²) in [6.45, 7) is 0.338. The van der Waals surface area contributed by atoms with Crippen molar-refractivity contribution >= 4 is 11.4 Å². The van der Waals surface area contributed by atoms with E-state index in [1.165, 1.54) is 0 Å². The van der Waals surface area contributed by atoms with Crippen LogP contribution in [-0.2, 0) is 6.61 Å². The van der Waals surface area contributed by atoms with Crippen LogP contribution in [0.1, 0.15) is 5.56 Å². The zero-order chi connectivity index (χ0) is 17.6. The van der Waals surface area contributed by atoms with E-state index < -0.39 is 4.92 Å². The van der Waals surface area contributed by atoms with Gasteiger partial charge in [0.05, 0.1) is 4.92 Å². The number of nitro groups is 1. The molecule has 0 heterocycles. The number of anilines is 1. The summed E-state index contributed by atoms with van der Waals surface area (Å²) in [7, 11) is 1.65. The topological polar surface area (TPSA) is 64.4 Å². The maximum Gasteiger partial charge on any atom is 0.296 e. The molecule has 5 heteroatoms. The molecule has 0 saturated carbocycles. The number of hydrogen-bond donors (Lipinski definition) is 1. The predicted molar refractivity (Wildman–Crippen MR) is 98.9 cm³/mol. The van der Waals surface area contributed by atoms with Gasteiger partial charge in [-0.1, -0.05) is 60.7 Å². The van der Waals surface area contributed by atoms with Crippen molar-refractivity contribution in [1.82, 2.24) is 0 Å². The quantitative estimate of drug-likeness (QED) is 0.515. The van der Waals surface area contributed by atoms with Gasteiger partial charge in [-0.25, -0.2) is 0 Å². The van der Waals surface area contributed by atoms with E-state index in [9.17, 15) is 10.1 Å². The molecule has 126 valence electrons. The highest BCUT2D eigenvalue weighted by Crippen LogP contribution is 2.39. The summed E-state index contributed by atoms with van der Waals surface area (Å²) in [6, 6.07) is 22.6. The second-order valence-corrected chi connectivity index (χ2v) is 5.52. The monoisotopic (exact) mass is 334 g/mol. The van der Waals surface area contributed by atoms with Gasteiger partial charge >= 0.3 is 0 Å². The summed E-state index contributed by atoms with van der Waals surface area (Å²) in [5.41, 5.74) is 3.01. The van der Waals surface area contributed by atoms with E-state index in [0.717, 1.165) is 16.7 Å². The van der Waals surface area contributed by atoms with Crippen molar-refractivity contribution in [3.05, 3.63) is 88.5 Å². The van der Waals surface area contributed by atoms with Crippen LogP contribution in [0.25, 0.3) is 11.1 Å². The summed E-state index contributed by atoms with van der Waals surface area (Å²) in [5.74, 6) is 0.458. The van der Waals surface area contributed by atoms with Crippen molar-refractivity contribution < 1.29 is 9.66 Å². The van der Waals surface area contributed by atoms with Crippen LogP contribution in [0, 0.1) is 10.1 Å². The predicted octanol–water partition coefficient (Wildman–Crippen LogP) is 4.88. The fourth-order valence-corrected chi connectivity index (χ4v) is 2.64. The summed E-state index contributed by atoms with van der Waals surface area (Å²) < 4.78 is 5.90. The van der Waals surface area contributed by atoms with Crippen LogP contribution in [0.15, 0.2) is 72.8 Å². The molecule has 0 saturated heterocycles. The molecular weight excluding hydrogens is 316 g/mol. The zero-order valence-corrected chi connectivity index (χ0v) is 13.8. The minimum absolute atomic E-state index is 0.00749. The van der Waals surface area contributed by atoms with Crippen molar-refractivity contribution in [3.8, 4) is 16.9 Å². The number of rotatable bonds is 6. The Morgan fingerprint density at radius 2 is 1.60 bits per heavy atom. The van der Waals surface area contributed by atoms with Crippen LogP contribution in [0.2, 0.25) is 0 Å². The van der Waals surface area contributed by atoms with Gasteiger partial charge in [0, 0.05) is 13.1 Å². The molecular formula is C20H18N2O3. The summed E-state index contributed by atoms with van der Waals surface area (Å²) >= 11 is 0. The Kier molecular flexibility index (Phi) is 4.95. The molecule has 5 nitrogen and oxygen atoms in total. The van der Waals surface area contributed by atoms with Crippen LogP contribution in [0.4, 0.5) is 11.4 Å². The van der Waals surface area contributed by atoms with Gasteiger partial charge in [0.2, 0.25) is 0 Å². The van der Waals surface area contributed by atoms with E-state index in [4.69, 9.17) is 4.74 Å². The van der Waals surface area contributed by atoms with Gasteiger partial charge in [0.1, 0.15) is 6.61 Å². The molecule has 1 N–H and O–H groups in total. The number of nitrogens with one attached hydrogen (secondary N) is 1. The number of nitrogens with zero attached hydrogens (tertiary/aromatic N) is 1. The van der Waals surface area contributed by atoms with E-state index >= 15 is 0 Å². The lowest BCUT2D eigenvalue weighted by Gasteiger charge is -2.14. The van der Waals surface area contributed by atoms with Crippen LogP contribution in [-0.4, -0.2) is 12.0 Å². The zero-order valence-electron chi connectivity index (χ0n) is 13.8. The summed E-state index contributed by atoms with van der Waals surface area (Å²) in [4.78, 5) is 11.1. The van der Waals surface area contributed by atoms with Gasteiger partial charge in [-0.3, -0.25) is 10.1 Å². The molecule has 3 aromatic carbocycles.